The first-order valence-corrected chi connectivity index (χ1v) is 6.80. The summed E-state index contributed by atoms with van der Waals surface area (Å²) in [4.78, 5) is 0. The molecule has 6 N–H and O–H groups in total. The average Bonchev–Trinajstić information content (AvgIpc) is 2.51. The highest BCUT2D eigenvalue weighted by molar-refractivity contribution is 5.50. The van der Waals surface area contributed by atoms with Crippen LogP contribution in [-0.2, 0) is 6.42 Å². The third kappa shape index (κ3) is 3.58. The maximum absolute atomic E-state index is 10.2. The van der Waals surface area contributed by atoms with Crippen molar-refractivity contribution in [3.05, 3.63) is 41.5 Å². The molecule has 0 aliphatic rings. The normalized spacial score (nSPS) is 13.5. The maximum Gasteiger partial charge on any atom is 0.157 e. The number of hydrogen-bond donors (Lipinski definition) is 6. The molecular formula is C16H18O7. The van der Waals surface area contributed by atoms with Crippen molar-refractivity contribution in [3.63, 3.8) is 0 Å². The molecule has 0 aromatic heterocycles. The summed E-state index contributed by atoms with van der Waals surface area (Å²) in [7, 11) is 1.35. The number of aliphatic hydroxyl groups is 2. The summed E-state index contributed by atoms with van der Waals surface area (Å²) in [5.74, 6) is -1.06. The van der Waals surface area contributed by atoms with Gasteiger partial charge in [-0.3, -0.25) is 0 Å². The van der Waals surface area contributed by atoms with Crippen LogP contribution in [0.4, 0.5) is 0 Å². The second kappa shape index (κ2) is 6.64. The first kappa shape index (κ1) is 16.7. The first-order chi connectivity index (χ1) is 10.8. The van der Waals surface area contributed by atoms with Crippen LogP contribution in [0.1, 0.15) is 17.2 Å². The van der Waals surface area contributed by atoms with Crippen molar-refractivity contribution in [2.75, 3.05) is 7.11 Å². The number of aliphatic hydroxyl groups excluding tert-OH is 2. The molecule has 2 rings (SSSR count). The van der Waals surface area contributed by atoms with E-state index in [0.29, 0.717) is 0 Å². The third-order valence-corrected chi connectivity index (χ3v) is 3.51. The number of phenolic OH excluding ortho intramolecular Hbond substituents is 4. The average molecular weight is 322 g/mol. The lowest BCUT2D eigenvalue weighted by atomic mass is 9.97. The maximum atomic E-state index is 10.2. The van der Waals surface area contributed by atoms with Crippen LogP contribution in [0.25, 0.3) is 0 Å². The van der Waals surface area contributed by atoms with Crippen molar-refractivity contribution in [3.8, 4) is 28.7 Å². The fourth-order valence-electron chi connectivity index (χ4n) is 2.27. The predicted molar refractivity (Wildman–Crippen MR) is 80.8 cm³/mol. The molecule has 0 saturated heterocycles. The topological polar surface area (TPSA) is 131 Å². The summed E-state index contributed by atoms with van der Waals surface area (Å²) >= 11 is 0. The van der Waals surface area contributed by atoms with Gasteiger partial charge in [-0.2, -0.15) is 0 Å². The minimum Gasteiger partial charge on any atom is -0.508 e. The standard InChI is InChI=1S/C16H18O7/c1-23-15-6-9(17)5-12(19)10(15)7-14(21)16(22)8-2-3-11(18)13(20)4-8/h2-6,14,16-22H,7H2,1H3. The molecule has 0 amide bonds. The predicted octanol–water partition coefficient (Wildman–Crippen LogP) is 1.15. The molecule has 124 valence electrons. The van der Waals surface area contributed by atoms with Crippen molar-refractivity contribution in [1.82, 2.24) is 0 Å². The molecule has 0 aliphatic heterocycles. The highest BCUT2D eigenvalue weighted by Crippen LogP contribution is 2.36. The second-order valence-electron chi connectivity index (χ2n) is 5.11. The van der Waals surface area contributed by atoms with Crippen LogP contribution in [0.5, 0.6) is 28.7 Å². The Balaban J connectivity index is 2.24. The lowest BCUT2D eigenvalue weighted by Crippen LogP contribution is -2.21. The van der Waals surface area contributed by atoms with Gasteiger partial charge in [0, 0.05) is 24.1 Å². The van der Waals surface area contributed by atoms with Crippen LogP contribution in [0, 0.1) is 0 Å². The van der Waals surface area contributed by atoms with E-state index in [1.54, 1.807) is 0 Å². The van der Waals surface area contributed by atoms with E-state index in [0.717, 1.165) is 12.1 Å². The molecule has 7 nitrogen and oxygen atoms in total. The summed E-state index contributed by atoms with van der Waals surface area (Å²) in [6.45, 7) is 0. The lowest BCUT2D eigenvalue weighted by molar-refractivity contribution is 0.0182. The van der Waals surface area contributed by atoms with Gasteiger partial charge >= 0.3 is 0 Å². The van der Waals surface area contributed by atoms with Crippen molar-refractivity contribution in [1.29, 1.82) is 0 Å². The molecule has 0 spiro atoms. The highest BCUT2D eigenvalue weighted by Gasteiger charge is 2.23. The largest absolute Gasteiger partial charge is 0.508 e. The number of phenols is 4. The summed E-state index contributed by atoms with van der Waals surface area (Å²) in [6.07, 6.45) is -2.83. The molecule has 2 unspecified atom stereocenters. The van der Waals surface area contributed by atoms with E-state index in [9.17, 15) is 30.6 Å². The Morgan fingerprint density at radius 1 is 0.913 bits per heavy atom. The van der Waals surface area contributed by atoms with Gasteiger partial charge in [-0.15, -0.1) is 0 Å². The molecule has 7 heteroatoms. The third-order valence-electron chi connectivity index (χ3n) is 3.51. The summed E-state index contributed by atoms with van der Waals surface area (Å²) in [6, 6.07) is 6.07. The number of benzene rings is 2. The minimum absolute atomic E-state index is 0.155. The molecule has 0 radical (unpaired) electrons. The molecule has 0 fully saturated rings. The zero-order chi connectivity index (χ0) is 17.1. The fourth-order valence-corrected chi connectivity index (χ4v) is 2.27. The van der Waals surface area contributed by atoms with Crippen molar-refractivity contribution >= 4 is 0 Å². The second-order valence-corrected chi connectivity index (χ2v) is 5.11. The van der Waals surface area contributed by atoms with Crippen LogP contribution in [0.15, 0.2) is 30.3 Å². The smallest absolute Gasteiger partial charge is 0.157 e. The molecule has 2 atom stereocenters. The molecule has 2 aromatic carbocycles. The Bertz CT molecular complexity index is 699. The van der Waals surface area contributed by atoms with E-state index in [-0.39, 0.29) is 40.5 Å². The number of aromatic hydroxyl groups is 4. The van der Waals surface area contributed by atoms with Gasteiger partial charge in [0.05, 0.1) is 13.2 Å². The molecule has 2 aromatic rings. The van der Waals surface area contributed by atoms with Gasteiger partial charge in [0.1, 0.15) is 23.4 Å². The van der Waals surface area contributed by atoms with E-state index in [1.165, 1.54) is 25.3 Å². The van der Waals surface area contributed by atoms with Gasteiger partial charge < -0.3 is 35.4 Å². The molecule has 0 aliphatic carbocycles. The van der Waals surface area contributed by atoms with Crippen LogP contribution in [-0.4, -0.2) is 43.9 Å². The zero-order valence-corrected chi connectivity index (χ0v) is 12.3. The first-order valence-electron chi connectivity index (χ1n) is 6.80. The number of ether oxygens (including phenoxy) is 1. The summed E-state index contributed by atoms with van der Waals surface area (Å²) in [5, 5.41) is 58.3. The molecule has 0 saturated carbocycles. The van der Waals surface area contributed by atoms with Crippen molar-refractivity contribution in [2.24, 2.45) is 0 Å². The van der Waals surface area contributed by atoms with Crippen molar-refractivity contribution in [2.45, 2.75) is 18.6 Å². The van der Waals surface area contributed by atoms with Gasteiger partial charge in [0.2, 0.25) is 0 Å². The molecule has 23 heavy (non-hydrogen) atoms. The van der Waals surface area contributed by atoms with Gasteiger partial charge in [0.15, 0.2) is 11.5 Å². The number of methoxy groups -OCH3 is 1. The van der Waals surface area contributed by atoms with E-state index >= 15 is 0 Å². The van der Waals surface area contributed by atoms with E-state index in [1.807, 2.05) is 0 Å². The van der Waals surface area contributed by atoms with E-state index in [2.05, 4.69) is 0 Å². The fraction of sp³-hybridized carbons (Fsp3) is 0.250. The SMILES string of the molecule is COc1cc(O)cc(O)c1CC(O)C(O)c1ccc(O)c(O)c1. The minimum atomic E-state index is -1.36. The summed E-state index contributed by atoms with van der Waals surface area (Å²) in [5.41, 5.74) is 0.421. The van der Waals surface area contributed by atoms with Gasteiger partial charge in [-0.05, 0) is 17.7 Å². The van der Waals surface area contributed by atoms with Crippen LogP contribution in [0.2, 0.25) is 0 Å². The van der Waals surface area contributed by atoms with Gasteiger partial charge in [0.25, 0.3) is 0 Å². The number of hydrogen-bond acceptors (Lipinski definition) is 7. The van der Waals surface area contributed by atoms with Crippen LogP contribution < -0.4 is 4.74 Å². The van der Waals surface area contributed by atoms with Gasteiger partial charge in [-0.25, -0.2) is 0 Å². The molecule has 0 bridgehead atoms. The summed E-state index contributed by atoms with van der Waals surface area (Å²) < 4.78 is 5.04. The van der Waals surface area contributed by atoms with Gasteiger partial charge in [-0.1, -0.05) is 6.07 Å². The molecule has 0 heterocycles. The number of rotatable bonds is 5. The zero-order valence-electron chi connectivity index (χ0n) is 12.3. The highest BCUT2D eigenvalue weighted by atomic mass is 16.5. The lowest BCUT2D eigenvalue weighted by Gasteiger charge is -2.20. The Morgan fingerprint density at radius 2 is 1.61 bits per heavy atom. The monoisotopic (exact) mass is 322 g/mol. The van der Waals surface area contributed by atoms with Crippen molar-refractivity contribution < 1.29 is 35.4 Å². The Hall–Kier alpha value is -2.64. The van der Waals surface area contributed by atoms with E-state index < -0.39 is 18.0 Å². The molecular weight excluding hydrogens is 304 g/mol. The quantitative estimate of drug-likeness (QED) is 0.455. The Labute approximate surface area is 132 Å². The van der Waals surface area contributed by atoms with Crippen LogP contribution in [0.3, 0.4) is 0 Å². The Morgan fingerprint density at radius 3 is 2.22 bits per heavy atom. The van der Waals surface area contributed by atoms with E-state index in [4.69, 9.17) is 4.74 Å². The van der Waals surface area contributed by atoms with Crippen LogP contribution >= 0.6 is 0 Å². The Kier molecular flexibility index (Phi) is 4.83.